The number of benzene rings is 1. The summed E-state index contributed by atoms with van der Waals surface area (Å²) in [6.07, 6.45) is 0. The summed E-state index contributed by atoms with van der Waals surface area (Å²) in [6.45, 7) is 3.49. The molecule has 7 heteroatoms. The summed E-state index contributed by atoms with van der Waals surface area (Å²) in [5.74, 6) is 1.26. The third-order valence-corrected chi connectivity index (χ3v) is 4.63. The Balaban J connectivity index is 2.27. The normalized spacial score (nSPS) is 13.3. The van der Waals surface area contributed by atoms with Crippen LogP contribution in [0.5, 0.6) is 0 Å². The fourth-order valence-corrected chi connectivity index (χ4v) is 3.31. The Hall–Kier alpha value is -1.50. The second-order valence-electron chi connectivity index (χ2n) is 4.47. The number of aryl methyl sites for hydroxylation is 1. The quantitative estimate of drug-likeness (QED) is 0.850. The van der Waals surface area contributed by atoms with Gasteiger partial charge in [0.1, 0.15) is 16.4 Å². The van der Waals surface area contributed by atoms with Crippen LogP contribution in [0.25, 0.3) is 0 Å². The van der Waals surface area contributed by atoms with E-state index in [-0.39, 0.29) is 10.6 Å². The van der Waals surface area contributed by atoms with Crippen LogP contribution in [-0.4, -0.2) is 8.42 Å². The number of rotatable bonds is 4. The van der Waals surface area contributed by atoms with E-state index < -0.39 is 16.1 Å². The molecule has 0 amide bonds. The second-order valence-corrected chi connectivity index (χ2v) is 6.59. The van der Waals surface area contributed by atoms with E-state index in [1.54, 1.807) is 26.0 Å². The molecule has 0 aliphatic heterocycles. The summed E-state index contributed by atoms with van der Waals surface area (Å²) in [7, 11) is -3.74. The third-order valence-electron chi connectivity index (χ3n) is 2.78. The van der Waals surface area contributed by atoms with Gasteiger partial charge in [0.15, 0.2) is 0 Å². The Morgan fingerprint density at radius 2 is 2.00 bits per heavy atom. The Kier molecular flexibility index (Phi) is 4.08. The van der Waals surface area contributed by atoms with Crippen LogP contribution in [0.4, 0.5) is 5.69 Å². The standard InChI is InChI=1S/C13H15ClN2O3S/c1-8-3-5-12(19-8)9(2)16-20(17,18)13-6-4-10(14)7-11(13)15/h3-7,9,16H,15H2,1-2H3. The lowest BCUT2D eigenvalue weighted by Gasteiger charge is -2.13. The van der Waals surface area contributed by atoms with E-state index in [1.165, 1.54) is 18.2 Å². The molecular weight excluding hydrogens is 300 g/mol. The zero-order chi connectivity index (χ0) is 14.9. The second kappa shape index (κ2) is 5.47. The lowest BCUT2D eigenvalue weighted by atomic mass is 10.3. The van der Waals surface area contributed by atoms with E-state index in [1.807, 2.05) is 0 Å². The Morgan fingerprint density at radius 1 is 1.30 bits per heavy atom. The van der Waals surface area contributed by atoms with Gasteiger partial charge in [-0.25, -0.2) is 13.1 Å². The highest BCUT2D eigenvalue weighted by molar-refractivity contribution is 7.89. The van der Waals surface area contributed by atoms with Crippen molar-refractivity contribution in [3.63, 3.8) is 0 Å². The average Bonchev–Trinajstić information content (AvgIpc) is 2.74. The van der Waals surface area contributed by atoms with Gasteiger partial charge in [0.05, 0.1) is 11.7 Å². The van der Waals surface area contributed by atoms with Crippen molar-refractivity contribution >= 4 is 27.3 Å². The Morgan fingerprint density at radius 3 is 2.55 bits per heavy atom. The van der Waals surface area contributed by atoms with Gasteiger partial charge in [0.2, 0.25) is 10.0 Å². The minimum atomic E-state index is -3.74. The predicted molar refractivity (Wildman–Crippen MR) is 78.0 cm³/mol. The molecule has 1 aromatic heterocycles. The van der Waals surface area contributed by atoms with E-state index in [4.69, 9.17) is 21.8 Å². The van der Waals surface area contributed by atoms with Gasteiger partial charge in [0.25, 0.3) is 0 Å². The summed E-state index contributed by atoms with van der Waals surface area (Å²) >= 11 is 5.76. The van der Waals surface area contributed by atoms with Crippen molar-refractivity contribution in [1.82, 2.24) is 4.72 Å². The maximum Gasteiger partial charge on any atom is 0.243 e. The minimum Gasteiger partial charge on any atom is -0.465 e. The number of anilines is 1. The highest BCUT2D eigenvalue weighted by Crippen LogP contribution is 2.24. The molecule has 2 rings (SSSR count). The maximum atomic E-state index is 12.3. The van der Waals surface area contributed by atoms with Gasteiger partial charge in [-0.3, -0.25) is 0 Å². The van der Waals surface area contributed by atoms with Gasteiger partial charge in [-0.15, -0.1) is 0 Å². The van der Waals surface area contributed by atoms with E-state index in [0.717, 1.165) is 5.76 Å². The number of hydrogen-bond donors (Lipinski definition) is 2. The van der Waals surface area contributed by atoms with Gasteiger partial charge in [-0.2, -0.15) is 0 Å². The van der Waals surface area contributed by atoms with Crippen LogP contribution in [0.15, 0.2) is 39.6 Å². The molecular formula is C13H15ClN2O3S. The highest BCUT2D eigenvalue weighted by Gasteiger charge is 2.22. The fourth-order valence-electron chi connectivity index (χ4n) is 1.80. The summed E-state index contributed by atoms with van der Waals surface area (Å²) in [6, 6.07) is 7.26. The van der Waals surface area contributed by atoms with E-state index in [9.17, 15) is 8.42 Å². The molecule has 0 aliphatic rings. The van der Waals surface area contributed by atoms with Crippen molar-refractivity contribution in [2.45, 2.75) is 24.8 Å². The first-order chi connectivity index (χ1) is 9.29. The average molecular weight is 315 g/mol. The first-order valence-electron chi connectivity index (χ1n) is 5.93. The molecule has 0 fully saturated rings. The number of hydrogen-bond acceptors (Lipinski definition) is 4. The molecule has 3 N–H and O–H groups in total. The maximum absolute atomic E-state index is 12.3. The SMILES string of the molecule is Cc1ccc(C(C)NS(=O)(=O)c2ccc(Cl)cc2N)o1. The van der Waals surface area contributed by atoms with Crippen LogP contribution in [-0.2, 0) is 10.0 Å². The van der Waals surface area contributed by atoms with E-state index in [2.05, 4.69) is 4.72 Å². The zero-order valence-corrected chi connectivity index (χ0v) is 12.6. The number of furan rings is 1. The first-order valence-corrected chi connectivity index (χ1v) is 7.79. The monoisotopic (exact) mass is 314 g/mol. The Bertz CT molecular complexity index is 725. The molecule has 1 aromatic carbocycles. The van der Waals surface area contributed by atoms with Crippen LogP contribution in [0.3, 0.4) is 0 Å². The molecule has 1 atom stereocenters. The van der Waals surface area contributed by atoms with Crippen molar-refractivity contribution in [2.75, 3.05) is 5.73 Å². The molecule has 5 nitrogen and oxygen atoms in total. The van der Waals surface area contributed by atoms with Crippen LogP contribution < -0.4 is 10.5 Å². The van der Waals surface area contributed by atoms with Crippen LogP contribution in [0, 0.1) is 6.92 Å². The molecule has 1 unspecified atom stereocenters. The lowest BCUT2D eigenvalue weighted by Crippen LogP contribution is -2.27. The lowest BCUT2D eigenvalue weighted by molar-refractivity contribution is 0.441. The van der Waals surface area contributed by atoms with Crippen molar-refractivity contribution in [3.05, 3.63) is 46.9 Å². The van der Waals surface area contributed by atoms with Gasteiger partial charge in [-0.1, -0.05) is 11.6 Å². The Labute approximate surface area is 122 Å². The molecule has 1 heterocycles. The fraction of sp³-hybridized carbons (Fsp3) is 0.231. The van der Waals surface area contributed by atoms with Crippen molar-refractivity contribution < 1.29 is 12.8 Å². The number of nitrogens with one attached hydrogen (secondary N) is 1. The number of nitrogens with two attached hydrogens (primary N) is 1. The van der Waals surface area contributed by atoms with Gasteiger partial charge in [0, 0.05) is 5.02 Å². The highest BCUT2D eigenvalue weighted by atomic mass is 35.5. The van der Waals surface area contributed by atoms with Gasteiger partial charge in [-0.05, 0) is 44.2 Å². The minimum absolute atomic E-state index is 0.00275. The molecule has 20 heavy (non-hydrogen) atoms. The molecule has 108 valence electrons. The number of nitrogen functional groups attached to an aromatic ring is 1. The molecule has 0 radical (unpaired) electrons. The summed E-state index contributed by atoms with van der Waals surface area (Å²) in [5, 5.41) is 0.385. The van der Waals surface area contributed by atoms with Crippen LogP contribution in [0.1, 0.15) is 24.5 Å². The summed E-state index contributed by atoms with van der Waals surface area (Å²) in [4.78, 5) is -0.00275. The topological polar surface area (TPSA) is 85.3 Å². The zero-order valence-electron chi connectivity index (χ0n) is 11.1. The predicted octanol–water partition coefficient (Wildman–Crippen LogP) is 2.86. The molecule has 0 bridgehead atoms. The van der Waals surface area contributed by atoms with Gasteiger partial charge < -0.3 is 10.2 Å². The van der Waals surface area contributed by atoms with Crippen molar-refractivity contribution in [3.8, 4) is 0 Å². The van der Waals surface area contributed by atoms with Gasteiger partial charge >= 0.3 is 0 Å². The van der Waals surface area contributed by atoms with Crippen molar-refractivity contribution in [2.24, 2.45) is 0 Å². The van der Waals surface area contributed by atoms with E-state index >= 15 is 0 Å². The smallest absolute Gasteiger partial charge is 0.243 e. The summed E-state index contributed by atoms with van der Waals surface area (Å²) < 4.78 is 32.5. The summed E-state index contributed by atoms with van der Waals surface area (Å²) in [5.41, 5.74) is 5.80. The number of sulfonamides is 1. The first kappa shape index (κ1) is 14.9. The largest absolute Gasteiger partial charge is 0.465 e. The molecule has 0 saturated carbocycles. The number of halogens is 1. The van der Waals surface area contributed by atoms with E-state index in [0.29, 0.717) is 10.8 Å². The third kappa shape index (κ3) is 3.15. The van der Waals surface area contributed by atoms with Crippen LogP contribution >= 0.6 is 11.6 Å². The molecule has 0 spiro atoms. The van der Waals surface area contributed by atoms with Crippen LogP contribution in [0.2, 0.25) is 5.02 Å². The van der Waals surface area contributed by atoms with Crippen molar-refractivity contribution in [1.29, 1.82) is 0 Å². The molecule has 0 saturated heterocycles. The molecule has 0 aliphatic carbocycles. The molecule has 2 aromatic rings.